The Bertz CT molecular complexity index is 824. The lowest BCUT2D eigenvalue weighted by molar-refractivity contribution is -0.157. The fourth-order valence-electron chi connectivity index (χ4n) is 2.76. The van der Waals surface area contributed by atoms with Gasteiger partial charge in [-0.05, 0) is 88.9 Å². The molecule has 27 heavy (non-hydrogen) atoms. The molecule has 0 saturated carbocycles. The van der Waals surface area contributed by atoms with E-state index in [1.54, 1.807) is 18.2 Å². The van der Waals surface area contributed by atoms with E-state index in [-0.39, 0.29) is 17.6 Å². The molecule has 0 aliphatic heterocycles. The van der Waals surface area contributed by atoms with Gasteiger partial charge in [0.1, 0.15) is 6.10 Å². The zero-order valence-corrected chi connectivity index (χ0v) is 16.3. The predicted octanol–water partition coefficient (Wildman–Crippen LogP) is 4.75. The number of hydrogen-bond acceptors (Lipinski definition) is 3. The number of aromatic carboxylic acids is 1. The van der Waals surface area contributed by atoms with Crippen molar-refractivity contribution in [1.29, 1.82) is 0 Å². The van der Waals surface area contributed by atoms with Crippen LogP contribution in [0.15, 0.2) is 47.6 Å². The van der Waals surface area contributed by atoms with E-state index >= 15 is 0 Å². The van der Waals surface area contributed by atoms with E-state index in [0.717, 1.165) is 30.4 Å². The van der Waals surface area contributed by atoms with Crippen LogP contribution in [0.1, 0.15) is 62.9 Å². The number of benzene rings is 1. The highest BCUT2D eigenvalue weighted by Gasteiger charge is 2.29. The number of hydrogen-bond donors (Lipinski definition) is 1. The van der Waals surface area contributed by atoms with Crippen molar-refractivity contribution in [1.82, 2.24) is 0 Å². The number of allylic oxidation sites excluding steroid dienone is 2. The number of carbonyl (C=O) groups excluding carboxylic acids is 1. The van der Waals surface area contributed by atoms with Crippen LogP contribution in [0, 0.1) is 17.3 Å². The van der Waals surface area contributed by atoms with Crippen molar-refractivity contribution in [3.63, 3.8) is 0 Å². The van der Waals surface area contributed by atoms with Crippen molar-refractivity contribution in [3.05, 3.63) is 58.7 Å². The van der Waals surface area contributed by atoms with Crippen LogP contribution in [0.25, 0.3) is 0 Å². The highest BCUT2D eigenvalue weighted by molar-refractivity contribution is 5.87. The second-order valence-electron chi connectivity index (χ2n) is 7.76. The first-order valence-electron chi connectivity index (χ1n) is 9.10. The summed E-state index contributed by atoms with van der Waals surface area (Å²) >= 11 is 0. The van der Waals surface area contributed by atoms with E-state index in [9.17, 15) is 9.59 Å². The second-order valence-corrected chi connectivity index (χ2v) is 7.76. The Hall–Kier alpha value is -2.80. The minimum absolute atomic E-state index is 0.197. The van der Waals surface area contributed by atoms with E-state index in [2.05, 4.69) is 18.8 Å². The van der Waals surface area contributed by atoms with Crippen molar-refractivity contribution in [2.24, 2.45) is 5.41 Å². The van der Waals surface area contributed by atoms with Crippen LogP contribution >= 0.6 is 0 Å². The summed E-state index contributed by atoms with van der Waals surface area (Å²) in [7, 11) is 0. The molecule has 0 heterocycles. The molecule has 0 radical (unpaired) electrons. The number of carboxylic acids is 1. The average molecular weight is 366 g/mol. The van der Waals surface area contributed by atoms with E-state index in [1.165, 1.54) is 17.7 Å². The summed E-state index contributed by atoms with van der Waals surface area (Å²) in [5.74, 6) is 4.80. The SMILES string of the molecule is CC1=C(/C=C/C#Cc2ccc(C(=O)O)cc2)C(OC(=O)C(C)(C)C)CCC1. The Morgan fingerprint density at radius 3 is 2.48 bits per heavy atom. The van der Waals surface area contributed by atoms with Crippen LogP contribution in [0.2, 0.25) is 0 Å². The fourth-order valence-corrected chi connectivity index (χ4v) is 2.76. The Labute approximate surface area is 160 Å². The van der Waals surface area contributed by atoms with E-state index < -0.39 is 11.4 Å². The number of rotatable bonds is 3. The van der Waals surface area contributed by atoms with Gasteiger partial charge in [-0.2, -0.15) is 0 Å². The topological polar surface area (TPSA) is 63.6 Å². The molecule has 4 nitrogen and oxygen atoms in total. The molecule has 1 N–H and O–H groups in total. The van der Waals surface area contributed by atoms with E-state index in [1.807, 2.05) is 26.8 Å². The lowest BCUT2D eigenvalue weighted by Crippen LogP contribution is -2.30. The molecule has 1 aromatic carbocycles. The van der Waals surface area contributed by atoms with Crippen molar-refractivity contribution in [2.45, 2.75) is 53.1 Å². The van der Waals surface area contributed by atoms with Gasteiger partial charge in [0.2, 0.25) is 0 Å². The molecule has 1 unspecified atom stereocenters. The zero-order valence-electron chi connectivity index (χ0n) is 16.3. The zero-order chi connectivity index (χ0) is 20.0. The molecule has 0 fully saturated rings. The summed E-state index contributed by atoms with van der Waals surface area (Å²) in [5, 5.41) is 8.91. The van der Waals surface area contributed by atoms with E-state index in [0.29, 0.717) is 0 Å². The van der Waals surface area contributed by atoms with Crippen molar-refractivity contribution < 1.29 is 19.4 Å². The van der Waals surface area contributed by atoms with Gasteiger partial charge in [0.25, 0.3) is 0 Å². The first-order chi connectivity index (χ1) is 12.7. The summed E-state index contributed by atoms with van der Waals surface area (Å²) in [6, 6.07) is 6.43. The summed E-state index contributed by atoms with van der Waals surface area (Å²) in [5.41, 5.74) is 2.70. The van der Waals surface area contributed by atoms with Gasteiger partial charge in [-0.3, -0.25) is 4.79 Å². The fraction of sp³-hybridized carbons (Fsp3) is 0.391. The van der Waals surface area contributed by atoms with Crippen molar-refractivity contribution >= 4 is 11.9 Å². The van der Waals surface area contributed by atoms with Gasteiger partial charge in [-0.15, -0.1) is 0 Å². The summed E-state index contributed by atoms with van der Waals surface area (Å²) in [6.07, 6.45) is 6.28. The van der Waals surface area contributed by atoms with Gasteiger partial charge >= 0.3 is 11.9 Å². The monoisotopic (exact) mass is 366 g/mol. The van der Waals surface area contributed by atoms with Crippen LogP contribution in [-0.4, -0.2) is 23.1 Å². The highest BCUT2D eigenvalue weighted by atomic mass is 16.5. The molecule has 1 atom stereocenters. The summed E-state index contributed by atoms with van der Waals surface area (Å²) in [6.45, 7) is 7.62. The minimum atomic E-state index is -0.954. The number of esters is 1. The Morgan fingerprint density at radius 1 is 1.22 bits per heavy atom. The molecule has 4 heteroatoms. The summed E-state index contributed by atoms with van der Waals surface area (Å²) < 4.78 is 5.74. The lowest BCUT2D eigenvalue weighted by Gasteiger charge is -2.28. The number of ether oxygens (including phenoxy) is 1. The van der Waals surface area contributed by atoms with Gasteiger partial charge in [-0.1, -0.05) is 17.4 Å². The van der Waals surface area contributed by atoms with Gasteiger partial charge in [0, 0.05) is 5.56 Å². The van der Waals surface area contributed by atoms with Crippen molar-refractivity contribution in [2.75, 3.05) is 0 Å². The molecular weight excluding hydrogens is 340 g/mol. The van der Waals surface area contributed by atoms with Gasteiger partial charge < -0.3 is 9.84 Å². The third kappa shape index (κ3) is 5.86. The quantitative estimate of drug-likeness (QED) is 0.619. The molecule has 0 aromatic heterocycles. The van der Waals surface area contributed by atoms with Gasteiger partial charge in [-0.25, -0.2) is 4.79 Å². The predicted molar refractivity (Wildman–Crippen MR) is 105 cm³/mol. The van der Waals surface area contributed by atoms with Gasteiger partial charge in [0.15, 0.2) is 0 Å². The molecule has 1 aliphatic rings. The number of carboxylic acid groups (broad SMARTS) is 1. The van der Waals surface area contributed by atoms with Crippen molar-refractivity contribution in [3.8, 4) is 11.8 Å². The average Bonchev–Trinajstić information content (AvgIpc) is 2.60. The maximum atomic E-state index is 12.2. The Balaban J connectivity index is 2.11. The largest absolute Gasteiger partial charge is 0.478 e. The molecular formula is C23H26O4. The van der Waals surface area contributed by atoms with Crippen LogP contribution < -0.4 is 0 Å². The normalized spacial score (nSPS) is 17.4. The van der Waals surface area contributed by atoms with E-state index in [4.69, 9.17) is 9.84 Å². The first-order valence-corrected chi connectivity index (χ1v) is 9.10. The Kier molecular flexibility index (Phi) is 6.63. The lowest BCUT2D eigenvalue weighted by atomic mass is 9.89. The standard InChI is InChI=1S/C23H26O4/c1-16-8-7-11-20(27-22(26)23(2,3)4)19(16)10-6-5-9-17-12-14-18(15-13-17)21(24)25/h6,10,12-15,20H,7-8,11H2,1-4H3,(H,24,25)/b10-6+. The second kappa shape index (κ2) is 8.73. The third-order valence-corrected chi connectivity index (χ3v) is 4.41. The molecule has 0 amide bonds. The minimum Gasteiger partial charge on any atom is -0.478 e. The van der Waals surface area contributed by atoms with Crippen LogP contribution in [0.3, 0.4) is 0 Å². The molecule has 0 saturated heterocycles. The maximum Gasteiger partial charge on any atom is 0.335 e. The first kappa shape index (κ1) is 20.5. The maximum absolute atomic E-state index is 12.2. The molecule has 1 aliphatic carbocycles. The highest BCUT2D eigenvalue weighted by Crippen LogP contribution is 2.30. The summed E-state index contributed by atoms with van der Waals surface area (Å²) in [4.78, 5) is 23.1. The number of carbonyl (C=O) groups is 2. The smallest absolute Gasteiger partial charge is 0.335 e. The molecule has 0 spiro atoms. The molecule has 2 rings (SSSR count). The van der Waals surface area contributed by atoms with Crippen LogP contribution in [0.5, 0.6) is 0 Å². The Morgan fingerprint density at radius 2 is 1.89 bits per heavy atom. The molecule has 0 bridgehead atoms. The molecule has 142 valence electrons. The van der Waals surface area contributed by atoms with Crippen LogP contribution in [0.4, 0.5) is 0 Å². The van der Waals surface area contributed by atoms with Gasteiger partial charge in [0.05, 0.1) is 11.0 Å². The molecule has 1 aromatic rings. The van der Waals surface area contributed by atoms with Crippen LogP contribution in [-0.2, 0) is 9.53 Å². The third-order valence-electron chi connectivity index (χ3n) is 4.41.